The molecule has 2 N–H and O–H groups in total. The molecule has 2 saturated carbocycles. The zero-order valence-corrected chi connectivity index (χ0v) is 8.05. The van der Waals surface area contributed by atoms with Crippen molar-refractivity contribution in [3.8, 4) is 0 Å². The number of rotatable bonds is 2. The zero-order chi connectivity index (χ0) is 9.97. The van der Waals surface area contributed by atoms with Crippen LogP contribution >= 0.6 is 0 Å². The van der Waals surface area contributed by atoms with E-state index < -0.39 is 11.3 Å². The van der Waals surface area contributed by atoms with Crippen LogP contribution in [0.1, 0.15) is 19.3 Å². The van der Waals surface area contributed by atoms with E-state index in [4.69, 9.17) is 5.73 Å². The Morgan fingerprint density at radius 2 is 2.00 bits per heavy atom. The number of allylic oxidation sites excluding steroid dienone is 2. The highest BCUT2D eigenvalue weighted by atomic mass is 19.3. The molecular formula is C11H15F2N. The molecule has 4 unspecified atom stereocenters. The molecule has 0 aliphatic heterocycles. The van der Waals surface area contributed by atoms with Gasteiger partial charge in [0, 0.05) is 13.0 Å². The summed E-state index contributed by atoms with van der Waals surface area (Å²) in [5.41, 5.74) is 4.72. The summed E-state index contributed by atoms with van der Waals surface area (Å²) in [6.07, 6.45) is 6.37. The zero-order valence-electron chi connectivity index (χ0n) is 8.05. The molecule has 0 amide bonds. The molecule has 3 aliphatic carbocycles. The monoisotopic (exact) mass is 199 g/mol. The van der Waals surface area contributed by atoms with Crippen LogP contribution in [0.15, 0.2) is 12.2 Å². The summed E-state index contributed by atoms with van der Waals surface area (Å²) < 4.78 is 26.6. The summed E-state index contributed by atoms with van der Waals surface area (Å²) in [6.45, 7) is 0.154. The number of hydrogen-bond acceptors (Lipinski definition) is 1. The second kappa shape index (κ2) is 2.38. The molecule has 0 spiro atoms. The van der Waals surface area contributed by atoms with E-state index >= 15 is 0 Å². The molecule has 0 aromatic rings. The lowest BCUT2D eigenvalue weighted by Crippen LogP contribution is -2.33. The predicted octanol–water partition coefficient (Wildman–Crippen LogP) is 2.18. The van der Waals surface area contributed by atoms with Gasteiger partial charge in [0.05, 0.1) is 5.41 Å². The first-order valence-electron chi connectivity index (χ1n) is 5.35. The van der Waals surface area contributed by atoms with Gasteiger partial charge in [-0.1, -0.05) is 12.2 Å². The maximum atomic E-state index is 13.3. The van der Waals surface area contributed by atoms with E-state index in [1.54, 1.807) is 0 Å². The molecule has 3 rings (SSSR count). The largest absolute Gasteiger partial charge is 0.330 e. The second-order valence-electron chi connectivity index (χ2n) is 5.13. The van der Waals surface area contributed by atoms with Crippen molar-refractivity contribution in [3.05, 3.63) is 12.2 Å². The third kappa shape index (κ3) is 0.867. The first-order valence-corrected chi connectivity index (χ1v) is 5.35. The van der Waals surface area contributed by atoms with Crippen molar-refractivity contribution in [3.63, 3.8) is 0 Å². The summed E-state index contributed by atoms with van der Waals surface area (Å²) in [6, 6.07) is 0. The fourth-order valence-corrected chi connectivity index (χ4v) is 3.54. The molecule has 3 heteroatoms. The van der Waals surface area contributed by atoms with Crippen LogP contribution in [0.5, 0.6) is 0 Å². The van der Waals surface area contributed by atoms with Crippen molar-refractivity contribution in [1.29, 1.82) is 0 Å². The highest BCUT2D eigenvalue weighted by Gasteiger charge is 2.74. The normalized spacial score (nSPS) is 52.6. The number of nitrogens with two attached hydrogens (primary N) is 1. The van der Waals surface area contributed by atoms with Gasteiger partial charge in [0.1, 0.15) is 0 Å². The number of fused-ring (bicyclic) bond motifs is 2. The predicted molar refractivity (Wildman–Crippen MR) is 49.9 cm³/mol. The lowest BCUT2D eigenvalue weighted by atomic mass is 9.79. The minimum absolute atomic E-state index is 0.0260. The Labute approximate surface area is 82.4 Å². The summed E-state index contributed by atoms with van der Waals surface area (Å²) in [7, 11) is 0. The Morgan fingerprint density at radius 3 is 2.36 bits per heavy atom. The average Bonchev–Trinajstić information content (AvgIpc) is 2.62. The fraction of sp³-hybridized carbons (Fsp3) is 0.818. The lowest BCUT2D eigenvalue weighted by Gasteiger charge is -2.27. The molecule has 0 radical (unpaired) electrons. The van der Waals surface area contributed by atoms with Gasteiger partial charge in [-0.2, -0.15) is 0 Å². The first kappa shape index (κ1) is 8.84. The molecule has 0 saturated heterocycles. The van der Waals surface area contributed by atoms with Gasteiger partial charge < -0.3 is 5.73 Å². The van der Waals surface area contributed by atoms with Crippen LogP contribution in [0.3, 0.4) is 0 Å². The van der Waals surface area contributed by atoms with E-state index in [0.717, 1.165) is 12.8 Å². The van der Waals surface area contributed by atoms with Gasteiger partial charge in [-0.05, 0) is 30.6 Å². The van der Waals surface area contributed by atoms with E-state index in [9.17, 15) is 8.78 Å². The second-order valence-corrected chi connectivity index (χ2v) is 5.13. The molecule has 0 heterocycles. The van der Waals surface area contributed by atoms with E-state index in [-0.39, 0.29) is 18.9 Å². The first-order chi connectivity index (χ1) is 6.59. The Balaban J connectivity index is 1.87. The van der Waals surface area contributed by atoms with E-state index in [1.807, 2.05) is 0 Å². The van der Waals surface area contributed by atoms with Crippen LogP contribution in [-0.2, 0) is 0 Å². The topological polar surface area (TPSA) is 26.0 Å². The van der Waals surface area contributed by atoms with Gasteiger partial charge in [0.15, 0.2) is 0 Å². The van der Waals surface area contributed by atoms with Crippen molar-refractivity contribution in [2.75, 3.05) is 6.54 Å². The summed E-state index contributed by atoms with van der Waals surface area (Å²) in [5, 5.41) is 0. The molecular weight excluding hydrogens is 184 g/mol. The van der Waals surface area contributed by atoms with Crippen LogP contribution in [0, 0.1) is 23.2 Å². The molecule has 0 aromatic carbocycles. The Morgan fingerprint density at radius 1 is 1.29 bits per heavy atom. The van der Waals surface area contributed by atoms with Crippen molar-refractivity contribution >= 4 is 0 Å². The van der Waals surface area contributed by atoms with Crippen molar-refractivity contribution in [1.82, 2.24) is 0 Å². The third-order valence-electron chi connectivity index (χ3n) is 4.49. The highest BCUT2D eigenvalue weighted by molar-refractivity contribution is 5.22. The maximum absolute atomic E-state index is 13.3. The highest BCUT2D eigenvalue weighted by Crippen LogP contribution is 2.69. The quantitative estimate of drug-likeness (QED) is 0.678. The molecule has 14 heavy (non-hydrogen) atoms. The van der Waals surface area contributed by atoms with Gasteiger partial charge in [-0.15, -0.1) is 0 Å². The van der Waals surface area contributed by atoms with Crippen molar-refractivity contribution in [2.45, 2.75) is 25.2 Å². The van der Waals surface area contributed by atoms with Crippen LogP contribution < -0.4 is 5.73 Å². The van der Waals surface area contributed by atoms with Gasteiger partial charge >= 0.3 is 0 Å². The molecule has 0 aromatic heterocycles. The van der Waals surface area contributed by atoms with Gasteiger partial charge in [0.2, 0.25) is 0 Å². The van der Waals surface area contributed by atoms with Crippen molar-refractivity contribution < 1.29 is 8.78 Å². The van der Waals surface area contributed by atoms with Gasteiger partial charge in [-0.3, -0.25) is 0 Å². The third-order valence-corrected chi connectivity index (χ3v) is 4.49. The lowest BCUT2D eigenvalue weighted by molar-refractivity contribution is 0.0353. The SMILES string of the molecule is NCC1(C2CC3C=CC2C3)CC1(F)F. The molecule has 78 valence electrons. The van der Waals surface area contributed by atoms with E-state index in [1.165, 1.54) is 0 Å². The summed E-state index contributed by atoms with van der Waals surface area (Å²) in [5.74, 6) is -1.38. The Kier molecular flexibility index (Phi) is 1.50. The van der Waals surface area contributed by atoms with Crippen molar-refractivity contribution in [2.24, 2.45) is 28.9 Å². The number of alkyl halides is 2. The minimum Gasteiger partial charge on any atom is -0.330 e. The summed E-state index contributed by atoms with van der Waals surface area (Å²) >= 11 is 0. The van der Waals surface area contributed by atoms with E-state index in [2.05, 4.69) is 12.2 Å². The van der Waals surface area contributed by atoms with Gasteiger partial charge in [-0.25, -0.2) is 8.78 Å². The fourth-order valence-electron chi connectivity index (χ4n) is 3.54. The molecule has 2 fully saturated rings. The van der Waals surface area contributed by atoms with Crippen LogP contribution in [0.4, 0.5) is 8.78 Å². The Bertz CT molecular complexity index is 300. The molecule has 1 nitrogen and oxygen atoms in total. The summed E-state index contributed by atoms with van der Waals surface area (Å²) in [4.78, 5) is 0. The maximum Gasteiger partial charge on any atom is 0.256 e. The molecule has 4 atom stereocenters. The van der Waals surface area contributed by atoms with E-state index in [0.29, 0.717) is 11.8 Å². The number of halogens is 2. The number of hydrogen-bond donors (Lipinski definition) is 1. The van der Waals surface area contributed by atoms with Crippen LogP contribution in [0.2, 0.25) is 0 Å². The standard InChI is InChI=1S/C11H15F2N/c12-11(13)5-10(11,6-14)9-4-7-1-2-8(9)3-7/h1-2,7-9H,3-6,14H2. The van der Waals surface area contributed by atoms with Gasteiger partial charge in [0.25, 0.3) is 5.92 Å². The Hall–Kier alpha value is -0.440. The average molecular weight is 199 g/mol. The van der Waals surface area contributed by atoms with Crippen LogP contribution in [0.25, 0.3) is 0 Å². The van der Waals surface area contributed by atoms with Crippen LogP contribution in [-0.4, -0.2) is 12.5 Å². The molecule has 2 bridgehead atoms. The molecule has 3 aliphatic rings. The minimum atomic E-state index is -2.48. The smallest absolute Gasteiger partial charge is 0.256 e.